The van der Waals surface area contributed by atoms with E-state index in [1.165, 1.54) is 27.8 Å². The van der Waals surface area contributed by atoms with Crippen molar-refractivity contribution in [3.8, 4) is 0 Å². The predicted octanol–water partition coefficient (Wildman–Crippen LogP) is 4.84. The van der Waals surface area contributed by atoms with Crippen molar-refractivity contribution >= 4 is 24.9 Å². The first-order valence-corrected chi connectivity index (χ1v) is 9.31. The van der Waals surface area contributed by atoms with Gasteiger partial charge in [-0.05, 0) is 22.3 Å². The van der Waals surface area contributed by atoms with Crippen LogP contribution < -0.4 is 0 Å². The van der Waals surface area contributed by atoms with Crippen LogP contribution in [-0.4, -0.2) is 14.1 Å². The highest BCUT2D eigenvalue weighted by atomic mass is 27.2. The molecule has 0 N–H and O–H groups in total. The molecule has 0 aromatic heterocycles. The fourth-order valence-corrected chi connectivity index (χ4v) is 6.48. The van der Waals surface area contributed by atoms with Gasteiger partial charge in [-0.15, -0.1) is 0 Å². The summed E-state index contributed by atoms with van der Waals surface area (Å²) in [6.45, 7) is 2.39. The Morgan fingerprint density at radius 1 is 1.12 bits per heavy atom. The molecule has 0 bridgehead atoms. The fraction of sp³-hybridized carbons (Fsp3) is 0.375. The zero-order valence-corrected chi connectivity index (χ0v) is 11.7. The number of hydrogen-bond acceptors (Lipinski definition) is 0. The molecule has 1 heterocycles. The fourth-order valence-electron chi connectivity index (χ4n) is 3.33. The first-order valence-electron chi connectivity index (χ1n) is 6.86. The van der Waals surface area contributed by atoms with Crippen LogP contribution in [0.4, 0.5) is 0 Å². The SMILES string of the molecule is C[CH2][Al]1[CH2]CC(c2cccc3ccccc23)[CH2]1. The summed E-state index contributed by atoms with van der Waals surface area (Å²) in [5.41, 5.74) is 1.62. The molecule has 0 aliphatic carbocycles. The molecule has 1 aliphatic rings. The first kappa shape index (κ1) is 11.3. The van der Waals surface area contributed by atoms with Gasteiger partial charge < -0.3 is 0 Å². The second kappa shape index (κ2) is 4.85. The molecule has 1 fully saturated rings. The largest absolute Gasteiger partial charge is 0.262 e. The average Bonchev–Trinajstić information content (AvgIpc) is 2.87. The lowest BCUT2D eigenvalue weighted by molar-refractivity contribution is 0.777. The summed E-state index contributed by atoms with van der Waals surface area (Å²) in [6, 6.07) is 15.7. The molecule has 2 aromatic rings. The molecule has 0 amide bonds. The Morgan fingerprint density at radius 2 is 1.94 bits per heavy atom. The van der Waals surface area contributed by atoms with Crippen LogP contribution >= 0.6 is 0 Å². The third-order valence-electron chi connectivity index (χ3n) is 4.38. The van der Waals surface area contributed by atoms with Gasteiger partial charge in [0.25, 0.3) is 14.1 Å². The Bertz CT molecular complexity index is 512. The van der Waals surface area contributed by atoms with E-state index < -0.39 is 0 Å². The van der Waals surface area contributed by atoms with Crippen molar-refractivity contribution in [2.75, 3.05) is 0 Å². The molecule has 1 heteroatoms. The zero-order chi connectivity index (χ0) is 11.7. The van der Waals surface area contributed by atoms with Crippen molar-refractivity contribution in [1.29, 1.82) is 0 Å². The third kappa shape index (κ3) is 2.15. The van der Waals surface area contributed by atoms with Gasteiger partial charge in [-0.25, -0.2) is 0 Å². The Morgan fingerprint density at radius 3 is 2.76 bits per heavy atom. The van der Waals surface area contributed by atoms with Crippen molar-refractivity contribution in [2.24, 2.45) is 0 Å². The second-order valence-corrected chi connectivity index (χ2v) is 8.95. The lowest BCUT2D eigenvalue weighted by Crippen LogP contribution is -2.03. The molecular weight excluding hydrogens is 219 g/mol. The van der Waals surface area contributed by atoms with E-state index in [-0.39, 0.29) is 14.1 Å². The molecule has 2 aromatic carbocycles. The monoisotopic (exact) mass is 238 g/mol. The zero-order valence-electron chi connectivity index (χ0n) is 10.5. The summed E-state index contributed by atoms with van der Waals surface area (Å²) in [4.78, 5) is 0. The third-order valence-corrected chi connectivity index (χ3v) is 7.92. The molecule has 0 radical (unpaired) electrons. The van der Waals surface area contributed by atoms with Gasteiger partial charge in [0.1, 0.15) is 0 Å². The van der Waals surface area contributed by atoms with Crippen molar-refractivity contribution in [1.82, 2.24) is 0 Å². The highest BCUT2D eigenvalue weighted by Crippen LogP contribution is 2.39. The van der Waals surface area contributed by atoms with Crippen molar-refractivity contribution in [2.45, 2.75) is 35.1 Å². The van der Waals surface area contributed by atoms with E-state index in [1.807, 2.05) is 0 Å². The van der Waals surface area contributed by atoms with Crippen LogP contribution in [0.25, 0.3) is 10.8 Å². The number of benzene rings is 2. The molecule has 1 aliphatic heterocycles. The van der Waals surface area contributed by atoms with E-state index in [2.05, 4.69) is 49.4 Å². The van der Waals surface area contributed by atoms with Crippen LogP contribution in [-0.2, 0) is 0 Å². The predicted molar refractivity (Wildman–Crippen MR) is 77.2 cm³/mol. The van der Waals surface area contributed by atoms with E-state index in [1.54, 1.807) is 10.8 Å². The van der Waals surface area contributed by atoms with Gasteiger partial charge in [-0.3, -0.25) is 0 Å². The average molecular weight is 238 g/mol. The van der Waals surface area contributed by atoms with Crippen molar-refractivity contribution in [3.63, 3.8) is 0 Å². The maximum Gasteiger partial charge on any atom is 0.262 e. The summed E-state index contributed by atoms with van der Waals surface area (Å²) in [5, 5.41) is 7.48. The molecule has 0 saturated carbocycles. The number of hydrogen-bond donors (Lipinski definition) is 0. The Balaban J connectivity index is 2.00. The summed E-state index contributed by atoms with van der Waals surface area (Å²) in [7, 11) is 0. The summed E-state index contributed by atoms with van der Waals surface area (Å²) >= 11 is -0.368. The van der Waals surface area contributed by atoms with Gasteiger partial charge in [0.2, 0.25) is 0 Å². The summed E-state index contributed by atoms with van der Waals surface area (Å²) in [5.74, 6) is 0.859. The standard InChI is InChI=1S/C14H14.C2H5.Al/c1-3-11(2)13-10-6-8-12-7-4-5-9-14(12)13;1-2;/h4-11H,1-3H2;1H2,2H3;. The highest BCUT2D eigenvalue weighted by molar-refractivity contribution is 6.59. The van der Waals surface area contributed by atoms with Crippen LogP contribution in [0.5, 0.6) is 0 Å². The topological polar surface area (TPSA) is 0 Å². The van der Waals surface area contributed by atoms with E-state index >= 15 is 0 Å². The summed E-state index contributed by atoms with van der Waals surface area (Å²) < 4.78 is 0. The molecule has 0 spiro atoms. The van der Waals surface area contributed by atoms with Gasteiger partial charge in [-0.1, -0.05) is 71.7 Å². The maximum absolute atomic E-state index is 2.39. The summed E-state index contributed by atoms with van der Waals surface area (Å²) in [6.07, 6.45) is 1.44. The Hall–Kier alpha value is -0.768. The number of fused-ring (bicyclic) bond motifs is 1. The highest BCUT2D eigenvalue weighted by Gasteiger charge is 2.29. The van der Waals surface area contributed by atoms with Gasteiger partial charge in [0, 0.05) is 0 Å². The normalized spacial score (nSPS) is 20.1. The minimum absolute atomic E-state index is 0.368. The van der Waals surface area contributed by atoms with E-state index in [4.69, 9.17) is 0 Å². The Labute approximate surface area is 108 Å². The van der Waals surface area contributed by atoms with E-state index in [9.17, 15) is 0 Å². The van der Waals surface area contributed by atoms with Gasteiger partial charge in [-0.2, -0.15) is 0 Å². The number of rotatable bonds is 2. The molecule has 17 heavy (non-hydrogen) atoms. The molecule has 3 rings (SSSR count). The van der Waals surface area contributed by atoms with Gasteiger partial charge in [0.15, 0.2) is 0 Å². The maximum atomic E-state index is 2.39. The minimum atomic E-state index is -0.368. The Kier molecular flexibility index (Phi) is 3.23. The van der Waals surface area contributed by atoms with E-state index in [0.29, 0.717) is 0 Å². The second-order valence-electron chi connectivity index (χ2n) is 5.35. The quantitative estimate of drug-likeness (QED) is 0.656. The molecule has 1 saturated heterocycles. The van der Waals surface area contributed by atoms with Crippen LogP contribution in [0.3, 0.4) is 0 Å². The first-order chi connectivity index (χ1) is 8.38. The van der Waals surface area contributed by atoms with Crippen LogP contribution in [0.2, 0.25) is 15.8 Å². The van der Waals surface area contributed by atoms with Crippen LogP contribution in [0.1, 0.15) is 24.8 Å². The van der Waals surface area contributed by atoms with Crippen LogP contribution in [0, 0.1) is 0 Å². The lowest BCUT2D eigenvalue weighted by Gasteiger charge is -2.13. The van der Waals surface area contributed by atoms with Crippen LogP contribution in [0.15, 0.2) is 42.5 Å². The molecular formula is C16H19Al. The molecule has 1 atom stereocenters. The smallest absolute Gasteiger partial charge is 0.0967 e. The van der Waals surface area contributed by atoms with Gasteiger partial charge in [0.05, 0.1) is 0 Å². The lowest BCUT2D eigenvalue weighted by atomic mass is 9.93. The molecule has 86 valence electrons. The molecule has 0 nitrogen and oxygen atoms in total. The van der Waals surface area contributed by atoms with Crippen molar-refractivity contribution in [3.05, 3.63) is 48.0 Å². The van der Waals surface area contributed by atoms with Gasteiger partial charge >= 0.3 is 0 Å². The van der Waals surface area contributed by atoms with Crippen molar-refractivity contribution < 1.29 is 0 Å². The molecule has 1 unspecified atom stereocenters. The minimum Gasteiger partial charge on any atom is -0.0967 e. The van der Waals surface area contributed by atoms with E-state index in [0.717, 1.165) is 5.92 Å².